The number of carbonyl (C=O) groups is 2. The second-order valence-corrected chi connectivity index (χ2v) is 7.92. The molecule has 0 atom stereocenters. The minimum atomic E-state index is 0.0362. The maximum Gasteiger partial charge on any atom is 0.253 e. The zero-order chi connectivity index (χ0) is 21.6. The van der Waals surface area contributed by atoms with E-state index in [0.29, 0.717) is 38.3 Å². The Hall–Kier alpha value is -3.19. The van der Waals surface area contributed by atoms with Crippen LogP contribution in [-0.4, -0.2) is 70.4 Å². The number of benzene rings is 2. The van der Waals surface area contributed by atoms with Crippen molar-refractivity contribution in [2.24, 2.45) is 0 Å². The molecule has 1 saturated heterocycles. The monoisotopic (exact) mass is 419 g/mol. The molecule has 2 amide bonds. The Labute approximate surface area is 182 Å². The van der Waals surface area contributed by atoms with Gasteiger partial charge in [-0.2, -0.15) is 0 Å². The van der Waals surface area contributed by atoms with Crippen LogP contribution in [0, 0.1) is 0 Å². The van der Waals surface area contributed by atoms with Gasteiger partial charge in [-0.25, -0.2) is 4.98 Å². The van der Waals surface area contributed by atoms with Gasteiger partial charge >= 0.3 is 0 Å². The molecule has 31 heavy (non-hydrogen) atoms. The first-order valence-electron chi connectivity index (χ1n) is 11.0. The van der Waals surface area contributed by atoms with Crippen LogP contribution in [0.4, 0.5) is 0 Å². The van der Waals surface area contributed by atoms with Crippen molar-refractivity contribution < 1.29 is 9.59 Å². The largest absolute Gasteiger partial charge is 0.355 e. The van der Waals surface area contributed by atoms with E-state index < -0.39 is 0 Å². The van der Waals surface area contributed by atoms with Crippen molar-refractivity contribution in [2.45, 2.75) is 19.8 Å². The number of nitrogens with zero attached hydrogens (tertiary/aromatic N) is 4. The maximum atomic E-state index is 12.9. The lowest BCUT2D eigenvalue weighted by molar-refractivity contribution is -0.122. The van der Waals surface area contributed by atoms with Gasteiger partial charge in [-0.1, -0.05) is 25.5 Å². The van der Waals surface area contributed by atoms with E-state index in [9.17, 15) is 9.59 Å². The molecule has 1 aromatic heterocycles. The topological polar surface area (TPSA) is 70.5 Å². The normalized spacial score (nSPS) is 14.7. The Balaban J connectivity index is 1.33. The predicted molar refractivity (Wildman–Crippen MR) is 121 cm³/mol. The third-order valence-corrected chi connectivity index (χ3v) is 5.73. The average molecular weight is 420 g/mol. The molecule has 7 heteroatoms. The first-order valence-corrected chi connectivity index (χ1v) is 11.0. The number of rotatable bonds is 7. The first-order chi connectivity index (χ1) is 15.2. The van der Waals surface area contributed by atoms with Crippen LogP contribution in [0.1, 0.15) is 30.1 Å². The van der Waals surface area contributed by atoms with E-state index in [1.807, 2.05) is 58.0 Å². The minimum absolute atomic E-state index is 0.0362. The zero-order valence-electron chi connectivity index (χ0n) is 18.0. The smallest absolute Gasteiger partial charge is 0.253 e. The van der Waals surface area contributed by atoms with Gasteiger partial charge in [-0.05, 0) is 42.8 Å². The van der Waals surface area contributed by atoms with Crippen LogP contribution in [0.5, 0.6) is 0 Å². The molecule has 162 valence electrons. The fourth-order valence-corrected chi connectivity index (χ4v) is 3.88. The number of hydrogen-bond acceptors (Lipinski definition) is 4. The Morgan fingerprint density at radius 1 is 1.00 bits per heavy atom. The van der Waals surface area contributed by atoms with Gasteiger partial charge in [0.2, 0.25) is 5.91 Å². The Morgan fingerprint density at radius 2 is 1.74 bits per heavy atom. The molecule has 2 aromatic carbocycles. The number of hydrogen-bond donors (Lipinski definition) is 1. The van der Waals surface area contributed by atoms with E-state index in [1.165, 1.54) is 0 Å². The second-order valence-electron chi connectivity index (χ2n) is 7.92. The van der Waals surface area contributed by atoms with Crippen LogP contribution in [0.25, 0.3) is 16.7 Å². The molecular weight excluding hydrogens is 390 g/mol. The van der Waals surface area contributed by atoms with Gasteiger partial charge < -0.3 is 10.2 Å². The number of nitrogens with one attached hydrogen (secondary N) is 1. The number of piperazine rings is 1. The average Bonchev–Trinajstić information content (AvgIpc) is 3.24. The molecule has 1 aliphatic rings. The summed E-state index contributed by atoms with van der Waals surface area (Å²) in [6, 6.07) is 15.6. The Kier molecular flexibility index (Phi) is 6.62. The van der Waals surface area contributed by atoms with Crippen LogP contribution in [0.3, 0.4) is 0 Å². The van der Waals surface area contributed by atoms with Crippen molar-refractivity contribution in [3.8, 4) is 5.69 Å². The summed E-state index contributed by atoms with van der Waals surface area (Å²) >= 11 is 0. The van der Waals surface area contributed by atoms with Crippen LogP contribution >= 0.6 is 0 Å². The summed E-state index contributed by atoms with van der Waals surface area (Å²) in [5, 5.41) is 2.95. The lowest BCUT2D eigenvalue weighted by Gasteiger charge is -2.34. The number of unbranched alkanes of at least 4 members (excludes halogenated alkanes) is 1. The maximum absolute atomic E-state index is 12.9. The van der Waals surface area contributed by atoms with Gasteiger partial charge in [0.25, 0.3) is 5.91 Å². The minimum Gasteiger partial charge on any atom is -0.355 e. The number of fused-ring (bicyclic) bond motifs is 1. The van der Waals surface area contributed by atoms with Crippen LogP contribution in [0.2, 0.25) is 0 Å². The third-order valence-electron chi connectivity index (χ3n) is 5.73. The zero-order valence-corrected chi connectivity index (χ0v) is 18.0. The summed E-state index contributed by atoms with van der Waals surface area (Å²) in [5.74, 6) is 0.102. The summed E-state index contributed by atoms with van der Waals surface area (Å²) < 4.78 is 2.02. The van der Waals surface area contributed by atoms with E-state index in [-0.39, 0.29) is 11.8 Å². The lowest BCUT2D eigenvalue weighted by atomic mass is 10.1. The van der Waals surface area contributed by atoms with E-state index >= 15 is 0 Å². The van der Waals surface area contributed by atoms with Crippen LogP contribution in [0.15, 0.2) is 54.9 Å². The van der Waals surface area contributed by atoms with Crippen molar-refractivity contribution in [1.82, 2.24) is 24.7 Å². The van der Waals surface area contributed by atoms with E-state index in [0.717, 1.165) is 36.1 Å². The molecule has 1 aliphatic heterocycles. The van der Waals surface area contributed by atoms with Crippen molar-refractivity contribution in [3.05, 3.63) is 60.4 Å². The molecule has 0 unspecified atom stereocenters. The highest BCUT2D eigenvalue weighted by Crippen LogP contribution is 2.19. The number of aromatic nitrogens is 2. The highest BCUT2D eigenvalue weighted by Gasteiger charge is 2.23. The highest BCUT2D eigenvalue weighted by molar-refractivity contribution is 5.94. The van der Waals surface area contributed by atoms with Gasteiger partial charge in [-0.3, -0.25) is 19.1 Å². The van der Waals surface area contributed by atoms with Gasteiger partial charge in [0.05, 0.1) is 17.6 Å². The van der Waals surface area contributed by atoms with E-state index in [4.69, 9.17) is 0 Å². The van der Waals surface area contributed by atoms with E-state index in [1.54, 1.807) is 6.33 Å². The van der Waals surface area contributed by atoms with Gasteiger partial charge in [0.1, 0.15) is 6.33 Å². The summed E-state index contributed by atoms with van der Waals surface area (Å²) in [7, 11) is 0. The quantitative estimate of drug-likeness (QED) is 0.598. The molecule has 4 rings (SSSR count). The summed E-state index contributed by atoms with van der Waals surface area (Å²) in [6.07, 6.45) is 3.88. The first kappa shape index (κ1) is 21.1. The Bertz CT molecular complexity index is 1040. The van der Waals surface area contributed by atoms with Crippen molar-refractivity contribution in [2.75, 3.05) is 39.3 Å². The molecule has 7 nitrogen and oxygen atoms in total. The standard InChI is InChI=1S/C24H29N5O2/c1-2-3-12-25-23(30)17-27-13-15-28(16-14-27)24(31)19-8-10-20(11-9-19)29-18-26-21-6-4-5-7-22(21)29/h4-11,18H,2-3,12-17H2,1H3,(H,25,30). The van der Waals surface area contributed by atoms with Crippen LogP contribution < -0.4 is 5.32 Å². The number of carbonyl (C=O) groups excluding carboxylic acids is 2. The summed E-state index contributed by atoms with van der Waals surface area (Å²) in [5.41, 5.74) is 3.64. The molecule has 3 aromatic rings. The van der Waals surface area contributed by atoms with Crippen molar-refractivity contribution in [3.63, 3.8) is 0 Å². The third kappa shape index (κ3) is 4.94. The Morgan fingerprint density at radius 3 is 2.48 bits per heavy atom. The van der Waals surface area contributed by atoms with Gasteiger partial charge in [0, 0.05) is 44.0 Å². The van der Waals surface area contributed by atoms with Crippen molar-refractivity contribution >= 4 is 22.8 Å². The molecule has 0 spiro atoms. The lowest BCUT2D eigenvalue weighted by Crippen LogP contribution is -2.51. The number of imidazole rings is 1. The number of para-hydroxylation sites is 2. The molecule has 0 aliphatic carbocycles. The van der Waals surface area contributed by atoms with Gasteiger partial charge in [0.15, 0.2) is 0 Å². The molecule has 0 bridgehead atoms. The van der Waals surface area contributed by atoms with E-state index in [2.05, 4.69) is 22.1 Å². The fraction of sp³-hybridized carbons (Fsp3) is 0.375. The molecule has 1 fully saturated rings. The highest BCUT2D eigenvalue weighted by atomic mass is 16.2. The fourth-order valence-electron chi connectivity index (χ4n) is 3.88. The van der Waals surface area contributed by atoms with Crippen LogP contribution in [-0.2, 0) is 4.79 Å². The SMILES string of the molecule is CCCCNC(=O)CN1CCN(C(=O)c2ccc(-n3cnc4ccccc43)cc2)CC1. The molecule has 2 heterocycles. The molecule has 0 saturated carbocycles. The molecular formula is C24H29N5O2. The number of amides is 2. The van der Waals surface area contributed by atoms with Gasteiger partial charge in [-0.15, -0.1) is 0 Å². The summed E-state index contributed by atoms with van der Waals surface area (Å²) in [6.45, 7) is 5.94. The van der Waals surface area contributed by atoms with Crippen molar-refractivity contribution in [1.29, 1.82) is 0 Å². The second kappa shape index (κ2) is 9.75. The molecule has 0 radical (unpaired) electrons. The summed E-state index contributed by atoms with van der Waals surface area (Å²) in [4.78, 5) is 33.3. The molecule has 1 N–H and O–H groups in total. The predicted octanol–water partition coefficient (Wildman–Crippen LogP) is 2.70.